The summed E-state index contributed by atoms with van der Waals surface area (Å²) in [6.07, 6.45) is 1.15. The van der Waals surface area contributed by atoms with E-state index in [0.29, 0.717) is 24.6 Å². The van der Waals surface area contributed by atoms with Gasteiger partial charge in [0, 0.05) is 18.4 Å². The lowest BCUT2D eigenvalue weighted by molar-refractivity contribution is 0.130. The minimum absolute atomic E-state index is 0.235. The molecule has 0 saturated heterocycles. The number of hydrogen-bond acceptors (Lipinski definition) is 7. The van der Waals surface area contributed by atoms with Gasteiger partial charge in [-0.15, -0.1) is 0 Å². The molecule has 7 nitrogen and oxygen atoms in total. The van der Waals surface area contributed by atoms with Crippen molar-refractivity contribution in [2.24, 2.45) is 5.73 Å². The lowest BCUT2D eigenvalue weighted by Crippen LogP contribution is -2.18. The highest BCUT2D eigenvalue weighted by Crippen LogP contribution is 2.21. The van der Waals surface area contributed by atoms with Crippen LogP contribution in [0.3, 0.4) is 0 Å². The van der Waals surface area contributed by atoms with Gasteiger partial charge in [-0.3, -0.25) is 0 Å². The second-order valence-electron chi connectivity index (χ2n) is 4.52. The van der Waals surface area contributed by atoms with Gasteiger partial charge in [-0.1, -0.05) is 5.16 Å². The molecule has 114 valence electrons. The molecule has 2 aromatic rings. The molecular formula is C13H17N3O4S. The summed E-state index contributed by atoms with van der Waals surface area (Å²) in [5.74, 6) is 0.641. The number of benzene rings is 1. The highest BCUT2D eigenvalue weighted by molar-refractivity contribution is 7.90. The zero-order valence-corrected chi connectivity index (χ0v) is 12.6. The first-order chi connectivity index (χ1) is 9.91. The standard InChI is InChI=1S/C13H17N3O4S/c1-3-19-8-11(14)12-15-13(20-16-12)9-4-6-10(7-5-9)21(2,17)18/h4-7,11H,3,8,14H2,1-2H3. The van der Waals surface area contributed by atoms with E-state index in [0.717, 1.165) is 6.26 Å². The van der Waals surface area contributed by atoms with E-state index in [1.165, 1.54) is 12.1 Å². The Morgan fingerprint density at radius 1 is 1.33 bits per heavy atom. The van der Waals surface area contributed by atoms with Crippen molar-refractivity contribution in [1.82, 2.24) is 10.1 Å². The number of nitrogens with zero attached hydrogens (tertiary/aromatic N) is 2. The van der Waals surface area contributed by atoms with E-state index in [-0.39, 0.29) is 10.8 Å². The van der Waals surface area contributed by atoms with Crippen LogP contribution >= 0.6 is 0 Å². The van der Waals surface area contributed by atoms with Crippen molar-refractivity contribution in [2.75, 3.05) is 19.5 Å². The van der Waals surface area contributed by atoms with Crippen LogP contribution < -0.4 is 5.73 Å². The molecule has 0 spiro atoms. The molecule has 0 fully saturated rings. The molecule has 1 aromatic carbocycles. The van der Waals surface area contributed by atoms with E-state index in [4.69, 9.17) is 15.0 Å². The van der Waals surface area contributed by atoms with Gasteiger partial charge in [-0.05, 0) is 31.2 Å². The molecule has 0 amide bonds. The molecule has 0 aliphatic rings. The lowest BCUT2D eigenvalue weighted by Gasteiger charge is -2.05. The van der Waals surface area contributed by atoms with Crippen molar-refractivity contribution in [3.8, 4) is 11.5 Å². The highest BCUT2D eigenvalue weighted by Gasteiger charge is 2.16. The van der Waals surface area contributed by atoms with E-state index in [2.05, 4.69) is 10.1 Å². The summed E-state index contributed by atoms with van der Waals surface area (Å²) in [4.78, 5) is 4.43. The van der Waals surface area contributed by atoms with Crippen LogP contribution in [0.1, 0.15) is 18.8 Å². The largest absolute Gasteiger partial charge is 0.380 e. The summed E-state index contributed by atoms with van der Waals surface area (Å²) in [5, 5.41) is 3.81. The summed E-state index contributed by atoms with van der Waals surface area (Å²) in [6, 6.07) is 5.75. The van der Waals surface area contributed by atoms with Crippen molar-refractivity contribution >= 4 is 9.84 Å². The van der Waals surface area contributed by atoms with Gasteiger partial charge in [0.25, 0.3) is 5.89 Å². The molecule has 1 heterocycles. The van der Waals surface area contributed by atoms with Crippen molar-refractivity contribution in [1.29, 1.82) is 0 Å². The van der Waals surface area contributed by atoms with Crippen molar-refractivity contribution in [3.05, 3.63) is 30.1 Å². The molecule has 21 heavy (non-hydrogen) atoms. The molecule has 0 aliphatic heterocycles. The van der Waals surface area contributed by atoms with Crippen LogP contribution in [0.4, 0.5) is 0 Å². The number of hydrogen-bond donors (Lipinski definition) is 1. The third kappa shape index (κ3) is 3.87. The number of sulfone groups is 1. The summed E-state index contributed by atoms with van der Waals surface area (Å²) in [6.45, 7) is 2.74. The van der Waals surface area contributed by atoms with E-state index in [9.17, 15) is 8.42 Å². The summed E-state index contributed by atoms with van der Waals surface area (Å²) in [7, 11) is -3.22. The Kier molecular flexibility index (Phi) is 4.71. The smallest absolute Gasteiger partial charge is 0.257 e. The number of nitrogens with two attached hydrogens (primary N) is 1. The Bertz CT molecular complexity index is 694. The first-order valence-corrected chi connectivity index (χ1v) is 8.28. The van der Waals surface area contributed by atoms with Crippen LogP contribution in [-0.2, 0) is 14.6 Å². The zero-order chi connectivity index (χ0) is 15.5. The molecule has 1 unspecified atom stereocenters. The van der Waals surface area contributed by atoms with Crippen molar-refractivity contribution in [3.63, 3.8) is 0 Å². The Morgan fingerprint density at radius 2 is 2.00 bits per heavy atom. The van der Waals surface area contributed by atoms with Gasteiger partial charge >= 0.3 is 0 Å². The van der Waals surface area contributed by atoms with Crippen molar-refractivity contribution in [2.45, 2.75) is 17.9 Å². The Labute approximate surface area is 123 Å². The van der Waals surface area contributed by atoms with Gasteiger partial charge in [0.05, 0.1) is 17.5 Å². The predicted octanol–water partition coefficient (Wildman–Crippen LogP) is 1.18. The molecule has 1 aromatic heterocycles. The minimum Gasteiger partial charge on any atom is -0.380 e. The van der Waals surface area contributed by atoms with Crippen LogP contribution in [0.25, 0.3) is 11.5 Å². The molecule has 0 aliphatic carbocycles. The zero-order valence-electron chi connectivity index (χ0n) is 11.8. The number of aromatic nitrogens is 2. The molecule has 2 N–H and O–H groups in total. The van der Waals surface area contributed by atoms with Crippen LogP contribution in [-0.4, -0.2) is 38.0 Å². The lowest BCUT2D eigenvalue weighted by atomic mass is 10.2. The van der Waals surface area contributed by atoms with E-state index < -0.39 is 15.9 Å². The third-order valence-corrected chi connectivity index (χ3v) is 3.93. The fraction of sp³-hybridized carbons (Fsp3) is 0.385. The summed E-state index contributed by atoms with van der Waals surface area (Å²) < 4.78 is 33.1. The van der Waals surface area contributed by atoms with Crippen LogP contribution in [0.2, 0.25) is 0 Å². The fourth-order valence-electron chi connectivity index (χ4n) is 1.67. The van der Waals surface area contributed by atoms with Crippen LogP contribution in [0, 0.1) is 0 Å². The summed E-state index contributed by atoms with van der Waals surface area (Å²) in [5.41, 5.74) is 6.49. The number of ether oxygens (including phenoxy) is 1. The number of rotatable bonds is 6. The Balaban J connectivity index is 2.18. The van der Waals surface area contributed by atoms with Gasteiger partial charge in [0.15, 0.2) is 15.7 Å². The first-order valence-electron chi connectivity index (χ1n) is 6.39. The maximum Gasteiger partial charge on any atom is 0.257 e. The maximum absolute atomic E-state index is 11.4. The Hall–Kier alpha value is -1.77. The fourth-order valence-corrected chi connectivity index (χ4v) is 2.30. The van der Waals surface area contributed by atoms with E-state index >= 15 is 0 Å². The minimum atomic E-state index is -3.22. The van der Waals surface area contributed by atoms with Gasteiger partial charge in [0.2, 0.25) is 0 Å². The maximum atomic E-state index is 11.4. The second kappa shape index (κ2) is 6.33. The molecular weight excluding hydrogens is 294 g/mol. The van der Waals surface area contributed by atoms with Gasteiger partial charge in [0.1, 0.15) is 0 Å². The molecule has 1 atom stereocenters. The normalized spacial score (nSPS) is 13.3. The summed E-state index contributed by atoms with van der Waals surface area (Å²) >= 11 is 0. The van der Waals surface area contributed by atoms with Gasteiger partial charge in [-0.25, -0.2) is 8.42 Å². The van der Waals surface area contributed by atoms with Crippen molar-refractivity contribution < 1.29 is 17.7 Å². The quantitative estimate of drug-likeness (QED) is 0.853. The SMILES string of the molecule is CCOCC(N)c1noc(-c2ccc(S(C)(=O)=O)cc2)n1. The van der Waals surface area contributed by atoms with E-state index in [1.54, 1.807) is 12.1 Å². The van der Waals surface area contributed by atoms with Gasteiger partial charge < -0.3 is 15.0 Å². The Morgan fingerprint density at radius 3 is 2.57 bits per heavy atom. The van der Waals surface area contributed by atoms with Crippen LogP contribution in [0.5, 0.6) is 0 Å². The highest BCUT2D eigenvalue weighted by atomic mass is 32.2. The average Bonchev–Trinajstić information content (AvgIpc) is 2.94. The van der Waals surface area contributed by atoms with E-state index in [1.807, 2.05) is 6.92 Å². The molecule has 8 heteroatoms. The molecule has 0 radical (unpaired) electrons. The first kappa shape index (κ1) is 15.6. The third-order valence-electron chi connectivity index (χ3n) is 2.80. The molecule has 0 bridgehead atoms. The van der Waals surface area contributed by atoms with Crippen LogP contribution in [0.15, 0.2) is 33.7 Å². The monoisotopic (exact) mass is 311 g/mol. The average molecular weight is 311 g/mol. The second-order valence-corrected chi connectivity index (χ2v) is 6.54. The molecule has 2 rings (SSSR count). The molecule has 0 saturated carbocycles. The van der Waals surface area contributed by atoms with Gasteiger partial charge in [-0.2, -0.15) is 4.98 Å². The predicted molar refractivity (Wildman–Crippen MR) is 76.3 cm³/mol. The topological polar surface area (TPSA) is 108 Å².